The number of guanidine groups is 1. The van der Waals surface area contributed by atoms with Gasteiger partial charge < -0.3 is 29.7 Å². The summed E-state index contributed by atoms with van der Waals surface area (Å²) in [6, 6.07) is 6.77. The van der Waals surface area contributed by atoms with Crippen LogP contribution in [0.3, 0.4) is 0 Å². The zero-order chi connectivity index (χ0) is 26.3. The molecule has 4 rings (SSSR count). The molecule has 37 heavy (non-hydrogen) atoms. The van der Waals surface area contributed by atoms with Crippen molar-refractivity contribution in [3.05, 3.63) is 41.7 Å². The van der Waals surface area contributed by atoms with Crippen LogP contribution in [0.15, 0.2) is 35.5 Å². The fourth-order valence-electron chi connectivity index (χ4n) is 4.48. The molecule has 0 aliphatic carbocycles. The minimum Gasteiger partial charge on any atom is -0.497 e. The van der Waals surface area contributed by atoms with Gasteiger partial charge in [0, 0.05) is 51.0 Å². The van der Waals surface area contributed by atoms with Gasteiger partial charge in [-0.05, 0) is 43.0 Å². The number of alkyl halides is 3. The van der Waals surface area contributed by atoms with Gasteiger partial charge in [-0.2, -0.15) is 13.2 Å². The number of anilines is 1. The van der Waals surface area contributed by atoms with Crippen LogP contribution >= 0.6 is 0 Å². The fraction of sp³-hybridized carbons (Fsp3) is 0.560. The Hall–Kier alpha value is -3.28. The van der Waals surface area contributed by atoms with Crippen LogP contribution in [0.4, 0.5) is 19.1 Å². The van der Waals surface area contributed by atoms with Crippen molar-refractivity contribution in [3.63, 3.8) is 0 Å². The van der Waals surface area contributed by atoms with Crippen molar-refractivity contribution in [2.75, 3.05) is 58.9 Å². The van der Waals surface area contributed by atoms with E-state index in [2.05, 4.69) is 25.5 Å². The maximum Gasteiger partial charge on any atom is 0.433 e. The summed E-state index contributed by atoms with van der Waals surface area (Å²) in [6.45, 7) is 3.64. The van der Waals surface area contributed by atoms with Crippen LogP contribution in [0.25, 0.3) is 0 Å². The van der Waals surface area contributed by atoms with E-state index in [1.807, 2.05) is 18.2 Å². The molecule has 0 spiro atoms. The first-order chi connectivity index (χ1) is 17.9. The molecule has 0 amide bonds. The smallest absolute Gasteiger partial charge is 0.433 e. The number of hydrogen-bond donors (Lipinski definition) is 2. The number of ether oxygens (including phenoxy) is 3. The molecule has 2 aliphatic rings. The molecule has 12 heteroatoms. The zero-order valence-electron chi connectivity index (χ0n) is 21.1. The maximum absolute atomic E-state index is 12.9. The number of likely N-dealkylation sites (tertiary alicyclic amines) is 1. The van der Waals surface area contributed by atoms with Crippen molar-refractivity contribution in [2.45, 2.75) is 37.5 Å². The average Bonchev–Trinajstić information content (AvgIpc) is 3.60. The highest BCUT2D eigenvalue weighted by Crippen LogP contribution is 2.33. The highest BCUT2D eigenvalue weighted by Gasteiger charge is 2.33. The van der Waals surface area contributed by atoms with E-state index in [-0.39, 0.29) is 18.0 Å². The number of hydrogen-bond acceptors (Lipinski definition) is 7. The van der Waals surface area contributed by atoms with Gasteiger partial charge in [-0.3, -0.25) is 4.99 Å². The van der Waals surface area contributed by atoms with Crippen molar-refractivity contribution in [3.8, 4) is 11.5 Å². The summed E-state index contributed by atoms with van der Waals surface area (Å²) in [5.74, 6) is 2.46. The van der Waals surface area contributed by atoms with Gasteiger partial charge in [-0.25, -0.2) is 9.97 Å². The van der Waals surface area contributed by atoms with E-state index in [0.717, 1.165) is 74.2 Å². The van der Waals surface area contributed by atoms with Gasteiger partial charge in [-0.15, -0.1) is 0 Å². The molecule has 2 aromatic rings. The summed E-state index contributed by atoms with van der Waals surface area (Å²) in [5, 5.41) is 6.20. The lowest BCUT2D eigenvalue weighted by molar-refractivity contribution is -0.141. The van der Waals surface area contributed by atoms with E-state index in [9.17, 15) is 13.2 Å². The molecule has 1 aromatic carbocycles. The maximum atomic E-state index is 12.9. The van der Waals surface area contributed by atoms with E-state index < -0.39 is 11.9 Å². The second-order valence-electron chi connectivity index (χ2n) is 8.99. The number of nitrogens with zero attached hydrogens (tertiary/aromatic N) is 4. The molecule has 202 valence electrons. The number of aromatic nitrogens is 2. The summed E-state index contributed by atoms with van der Waals surface area (Å²) >= 11 is 0. The Bertz CT molecular complexity index is 1040. The van der Waals surface area contributed by atoms with E-state index in [4.69, 9.17) is 19.2 Å². The normalized spacial score (nSPS) is 20.2. The first kappa shape index (κ1) is 26.8. The Balaban J connectivity index is 1.38. The Kier molecular flexibility index (Phi) is 8.91. The molecule has 2 unspecified atom stereocenters. The summed E-state index contributed by atoms with van der Waals surface area (Å²) < 4.78 is 55.3. The second kappa shape index (κ2) is 12.3. The number of nitrogens with one attached hydrogen (secondary N) is 2. The van der Waals surface area contributed by atoms with Crippen molar-refractivity contribution in [1.29, 1.82) is 0 Å². The van der Waals surface area contributed by atoms with Crippen molar-refractivity contribution >= 4 is 11.9 Å². The molecule has 0 saturated carbocycles. The van der Waals surface area contributed by atoms with Crippen molar-refractivity contribution < 1.29 is 27.4 Å². The van der Waals surface area contributed by atoms with Gasteiger partial charge in [0.1, 0.15) is 17.2 Å². The van der Waals surface area contributed by atoms with Crippen molar-refractivity contribution in [1.82, 2.24) is 20.2 Å². The lowest BCUT2D eigenvalue weighted by atomic mass is 9.98. The monoisotopic (exact) mass is 522 g/mol. The number of halogens is 3. The van der Waals surface area contributed by atoms with E-state index >= 15 is 0 Å². The third-order valence-corrected chi connectivity index (χ3v) is 6.44. The SMILES string of the molecule is COc1cc(OC)cc(C2CCN(C(=NCC3CCCO3)NCCNc3nccc(C(F)(F)F)n3)C2)c1. The average molecular weight is 523 g/mol. The zero-order valence-corrected chi connectivity index (χ0v) is 21.1. The van der Waals surface area contributed by atoms with Crippen LogP contribution in [-0.4, -0.2) is 80.5 Å². The van der Waals surface area contributed by atoms with Crippen molar-refractivity contribution in [2.24, 2.45) is 4.99 Å². The van der Waals surface area contributed by atoms with E-state index in [1.165, 1.54) is 0 Å². The highest BCUT2D eigenvalue weighted by atomic mass is 19.4. The largest absolute Gasteiger partial charge is 0.497 e. The molecular weight excluding hydrogens is 489 g/mol. The second-order valence-corrected chi connectivity index (χ2v) is 8.99. The minimum atomic E-state index is -4.52. The van der Waals surface area contributed by atoms with Gasteiger partial charge in [0.2, 0.25) is 5.95 Å². The van der Waals surface area contributed by atoms with Crippen LogP contribution in [0.1, 0.15) is 36.4 Å². The summed E-state index contributed by atoms with van der Waals surface area (Å²) in [6.07, 6.45) is -0.357. The predicted molar refractivity (Wildman–Crippen MR) is 133 cm³/mol. The van der Waals surface area contributed by atoms with E-state index in [0.29, 0.717) is 19.6 Å². The van der Waals surface area contributed by atoms with Gasteiger partial charge >= 0.3 is 6.18 Å². The molecular formula is C25H33F3N6O3. The Morgan fingerprint density at radius 2 is 1.95 bits per heavy atom. The fourth-order valence-corrected chi connectivity index (χ4v) is 4.48. The van der Waals surface area contributed by atoms with Crippen LogP contribution in [-0.2, 0) is 10.9 Å². The highest BCUT2D eigenvalue weighted by molar-refractivity contribution is 5.80. The minimum absolute atomic E-state index is 0.0670. The number of benzene rings is 1. The molecule has 0 bridgehead atoms. The summed E-state index contributed by atoms with van der Waals surface area (Å²) in [5.41, 5.74) is 0.162. The molecule has 3 heterocycles. The van der Waals surface area contributed by atoms with Crippen LogP contribution in [0.5, 0.6) is 11.5 Å². The number of methoxy groups -OCH3 is 2. The Morgan fingerprint density at radius 1 is 1.16 bits per heavy atom. The molecule has 2 saturated heterocycles. The summed E-state index contributed by atoms with van der Waals surface area (Å²) in [7, 11) is 3.27. The lowest BCUT2D eigenvalue weighted by Gasteiger charge is -2.23. The molecule has 0 radical (unpaired) electrons. The first-order valence-corrected chi connectivity index (χ1v) is 12.4. The lowest BCUT2D eigenvalue weighted by Crippen LogP contribution is -2.42. The first-order valence-electron chi connectivity index (χ1n) is 12.4. The Labute approximate surface area is 214 Å². The van der Waals surface area contributed by atoms with E-state index in [1.54, 1.807) is 14.2 Å². The molecule has 2 fully saturated rings. The standard InChI is InChI=1S/C25H33F3N6O3/c1-35-20-12-18(13-21(14-20)36-2)17-6-10-34(16-17)24(32-15-19-4-3-11-37-19)31-9-8-30-23-29-7-5-22(33-23)25(26,27)28/h5,7,12-14,17,19H,3-4,6,8-11,15-16H2,1-2H3,(H,31,32)(H,29,30,33). The third kappa shape index (κ3) is 7.37. The number of rotatable bonds is 9. The van der Waals surface area contributed by atoms with Crippen LogP contribution < -0.4 is 20.1 Å². The van der Waals surface area contributed by atoms with Gasteiger partial charge in [0.05, 0.1) is 26.9 Å². The predicted octanol–water partition coefficient (Wildman–Crippen LogP) is 3.54. The molecule has 2 N–H and O–H groups in total. The van der Waals surface area contributed by atoms with Gasteiger partial charge in [0.15, 0.2) is 5.96 Å². The van der Waals surface area contributed by atoms with Crippen LogP contribution in [0.2, 0.25) is 0 Å². The molecule has 2 atom stereocenters. The molecule has 9 nitrogen and oxygen atoms in total. The molecule has 2 aliphatic heterocycles. The quantitative estimate of drug-likeness (QED) is 0.294. The third-order valence-electron chi connectivity index (χ3n) is 6.44. The van der Waals surface area contributed by atoms with Gasteiger partial charge in [-0.1, -0.05) is 0 Å². The van der Waals surface area contributed by atoms with Crippen LogP contribution in [0, 0.1) is 0 Å². The number of aliphatic imine (C=N–C) groups is 1. The van der Waals surface area contributed by atoms with Gasteiger partial charge in [0.25, 0.3) is 0 Å². The topological polar surface area (TPSA) is 93.1 Å². The molecule has 1 aromatic heterocycles. The Morgan fingerprint density at radius 3 is 2.62 bits per heavy atom. The summed E-state index contributed by atoms with van der Waals surface area (Å²) in [4.78, 5) is 14.4.